The molecule has 2 heterocycles. The number of amidine groups is 1. The highest BCUT2D eigenvalue weighted by Crippen LogP contribution is 2.17. The van der Waals surface area contributed by atoms with Crippen LogP contribution in [0.1, 0.15) is 6.92 Å². The van der Waals surface area contributed by atoms with Crippen LogP contribution in [0, 0.1) is 0 Å². The lowest BCUT2D eigenvalue weighted by Crippen LogP contribution is -2.41. The molecule has 5 heteroatoms. The average Bonchev–Trinajstić information content (AvgIpc) is 2.54. The average molecular weight is 206 g/mol. The van der Waals surface area contributed by atoms with Crippen molar-refractivity contribution in [1.29, 1.82) is 0 Å². The summed E-state index contributed by atoms with van der Waals surface area (Å²) in [6.45, 7) is 1.95. The Bertz CT molecular complexity index is 395. The highest BCUT2D eigenvalue weighted by molar-refractivity contribution is 6.17. The summed E-state index contributed by atoms with van der Waals surface area (Å²) in [5, 5.41) is 0. The second-order valence-corrected chi connectivity index (χ2v) is 3.07. The number of carbonyl (C=O) groups is 2. The molecule has 1 atom stereocenters. The monoisotopic (exact) mass is 206 g/mol. The van der Waals surface area contributed by atoms with E-state index >= 15 is 0 Å². The number of allylic oxidation sites excluding steroid dienone is 2. The maximum absolute atomic E-state index is 11.5. The molecule has 5 nitrogen and oxygen atoms in total. The number of hydrogen-bond acceptors (Lipinski definition) is 4. The minimum atomic E-state index is -0.943. The predicted octanol–water partition coefficient (Wildman–Crippen LogP) is 0.242. The van der Waals surface area contributed by atoms with Gasteiger partial charge in [0.25, 0.3) is 5.91 Å². The first kappa shape index (κ1) is 9.64. The van der Waals surface area contributed by atoms with E-state index in [1.807, 2.05) is 0 Å². The predicted molar refractivity (Wildman–Crippen MR) is 53.0 cm³/mol. The van der Waals surface area contributed by atoms with Gasteiger partial charge in [0.1, 0.15) is 5.84 Å². The summed E-state index contributed by atoms with van der Waals surface area (Å²) in [6, 6.07) is -0.943. The fraction of sp³-hybridized carbons (Fsp3) is 0.300. The van der Waals surface area contributed by atoms with E-state index in [9.17, 15) is 9.59 Å². The maximum atomic E-state index is 11.5. The summed E-state index contributed by atoms with van der Waals surface area (Å²) >= 11 is 0. The van der Waals surface area contributed by atoms with Crippen LogP contribution in [0.15, 0.2) is 29.4 Å². The highest BCUT2D eigenvalue weighted by atomic mass is 16.5. The molecule has 0 N–H and O–H groups in total. The molecule has 0 bridgehead atoms. The Labute approximate surface area is 86.7 Å². The molecule has 0 aliphatic carbocycles. The van der Waals surface area contributed by atoms with E-state index in [1.165, 1.54) is 4.90 Å². The first-order valence-corrected chi connectivity index (χ1v) is 4.66. The molecular formula is C10H10N2O3. The van der Waals surface area contributed by atoms with E-state index in [1.54, 1.807) is 31.4 Å². The summed E-state index contributed by atoms with van der Waals surface area (Å²) in [5.41, 5.74) is 0. The van der Waals surface area contributed by atoms with Crippen LogP contribution in [0.25, 0.3) is 0 Å². The van der Waals surface area contributed by atoms with Gasteiger partial charge >= 0.3 is 5.97 Å². The van der Waals surface area contributed by atoms with Gasteiger partial charge in [0.05, 0.1) is 6.61 Å². The van der Waals surface area contributed by atoms with Crippen LogP contribution in [0.2, 0.25) is 0 Å². The quantitative estimate of drug-likeness (QED) is 0.479. The lowest BCUT2D eigenvalue weighted by atomic mass is 10.2. The third-order valence-electron chi connectivity index (χ3n) is 2.11. The summed E-state index contributed by atoms with van der Waals surface area (Å²) in [7, 11) is 0. The van der Waals surface area contributed by atoms with Crippen LogP contribution in [0.5, 0.6) is 0 Å². The minimum Gasteiger partial charge on any atom is -0.464 e. The Morgan fingerprint density at radius 1 is 1.60 bits per heavy atom. The largest absolute Gasteiger partial charge is 0.464 e. The molecular weight excluding hydrogens is 196 g/mol. The molecule has 78 valence electrons. The van der Waals surface area contributed by atoms with E-state index in [0.717, 1.165) is 0 Å². The molecule has 0 fully saturated rings. The van der Waals surface area contributed by atoms with Gasteiger partial charge in [-0.3, -0.25) is 4.79 Å². The number of esters is 1. The molecule has 2 aliphatic rings. The van der Waals surface area contributed by atoms with Crippen molar-refractivity contribution in [2.45, 2.75) is 13.0 Å². The summed E-state index contributed by atoms with van der Waals surface area (Å²) in [5.74, 6) is -0.540. The molecule has 0 aromatic rings. The molecule has 15 heavy (non-hydrogen) atoms. The van der Waals surface area contributed by atoms with E-state index < -0.39 is 17.9 Å². The van der Waals surface area contributed by atoms with Gasteiger partial charge in [-0.15, -0.1) is 0 Å². The van der Waals surface area contributed by atoms with Crippen molar-refractivity contribution in [1.82, 2.24) is 4.90 Å². The van der Waals surface area contributed by atoms with Gasteiger partial charge in [-0.2, -0.15) is 4.99 Å². The molecule has 1 unspecified atom stereocenters. The molecule has 1 amide bonds. The molecule has 0 radical (unpaired) electrons. The van der Waals surface area contributed by atoms with E-state index in [-0.39, 0.29) is 6.61 Å². The Balaban J connectivity index is 2.22. The first-order chi connectivity index (χ1) is 7.24. The number of nitrogens with zero attached hydrogens (tertiary/aromatic N) is 2. The van der Waals surface area contributed by atoms with Gasteiger partial charge in [0.15, 0.2) is 0 Å². The molecule has 0 saturated heterocycles. The normalized spacial score (nSPS) is 22.7. The fourth-order valence-electron chi connectivity index (χ4n) is 1.49. The van der Waals surface area contributed by atoms with E-state index in [0.29, 0.717) is 5.84 Å². The number of fused-ring (bicyclic) bond motifs is 1. The smallest absolute Gasteiger partial charge is 0.339 e. The lowest BCUT2D eigenvalue weighted by Gasteiger charge is -2.21. The van der Waals surface area contributed by atoms with Crippen molar-refractivity contribution in [2.75, 3.05) is 6.61 Å². The maximum Gasteiger partial charge on any atom is 0.339 e. The van der Waals surface area contributed by atoms with Crippen molar-refractivity contribution in [3.8, 4) is 0 Å². The third-order valence-corrected chi connectivity index (χ3v) is 2.11. The number of aliphatic imine (C=N–C) groups is 1. The van der Waals surface area contributed by atoms with Crippen molar-refractivity contribution in [3.05, 3.63) is 24.4 Å². The zero-order valence-electron chi connectivity index (χ0n) is 8.21. The lowest BCUT2D eigenvalue weighted by molar-refractivity contribution is -0.149. The van der Waals surface area contributed by atoms with Crippen LogP contribution in [-0.2, 0) is 14.3 Å². The van der Waals surface area contributed by atoms with Crippen molar-refractivity contribution in [3.63, 3.8) is 0 Å². The van der Waals surface area contributed by atoms with E-state index in [2.05, 4.69) is 4.99 Å². The summed E-state index contributed by atoms with van der Waals surface area (Å²) in [6.07, 6.45) is 6.82. The molecule has 0 saturated carbocycles. The van der Waals surface area contributed by atoms with Gasteiger partial charge in [0, 0.05) is 6.20 Å². The summed E-state index contributed by atoms with van der Waals surface area (Å²) < 4.78 is 4.81. The zero-order chi connectivity index (χ0) is 10.8. The second kappa shape index (κ2) is 3.68. The highest BCUT2D eigenvalue weighted by Gasteiger charge is 2.40. The topological polar surface area (TPSA) is 59.0 Å². The van der Waals surface area contributed by atoms with Crippen LogP contribution < -0.4 is 0 Å². The van der Waals surface area contributed by atoms with Crippen molar-refractivity contribution < 1.29 is 14.3 Å². The minimum absolute atomic E-state index is 0.255. The first-order valence-electron chi connectivity index (χ1n) is 4.66. The number of ether oxygens (including phenoxy) is 1. The van der Waals surface area contributed by atoms with Gasteiger partial charge in [-0.25, -0.2) is 4.79 Å². The van der Waals surface area contributed by atoms with Crippen LogP contribution in [0.4, 0.5) is 0 Å². The number of rotatable bonds is 2. The Morgan fingerprint density at radius 2 is 2.40 bits per heavy atom. The fourth-order valence-corrected chi connectivity index (χ4v) is 1.49. The molecule has 0 aromatic carbocycles. The summed E-state index contributed by atoms with van der Waals surface area (Å²) in [4.78, 5) is 28.2. The number of carbonyl (C=O) groups excluding carboxylic acids is 2. The Kier molecular flexibility index (Phi) is 2.37. The Hall–Kier alpha value is -1.91. The van der Waals surface area contributed by atoms with Gasteiger partial charge in [-0.05, 0) is 19.1 Å². The third kappa shape index (κ3) is 1.56. The van der Waals surface area contributed by atoms with Gasteiger partial charge in [-0.1, -0.05) is 6.08 Å². The van der Waals surface area contributed by atoms with Crippen LogP contribution in [0.3, 0.4) is 0 Å². The van der Waals surface area contributed by atoms with Crippen LogP contribution in [-0.4, -0.2) is 35.3 Å². The standard InChI is InChI=1S/C10H10N2O3/c1-2-15-10(14)8-9(13)11-7-5-3-4-6-12(7)8/h3-6,8H,2H2,1H3. The number of amides is 1. The van der Waals surface area contributed by atoms with Crippen molar-refractivity contribution in [2.24, 2.45) is 4.99 Å². The van der Waals surface area contributed by atoms with Crippen LogP contribution >= 0.6 is 0 Å². The van der Waals surface area contributed by atoms with Gasteiger partial charge < -0.3 is 9.64 Å². The second-order valence-electron chi connectivity index (χ2n) is 3.07. The number of hydrogen-bond donors (Lipinski definition) is 0. The van der Waals surface area contributed by atoms with E-state index in [4.69, 9.17) is 4.74 Å². The molecule has 0 spiro atoms. The molecule has 2 rings (SSSR count). The molecule has 0 aromatic heterocycles. The zero-order valence-corrected chi connectivity index (χ0v) is 8.21. The van der Waals surface area contributed by atoms with Crippen molar-refractivity contribution >= 4 is 17.7 Å². The van der Waals surface area contributed by atoms with Gasteiger partial charge in [0.2, 0.25) is 6.04 Å². The SMILES string of the molecule is CCOC(=O)C1C(=O)N=C2C=CC=CN21. The Morgan fingerprint density at radius 3 is 3.13 bits per heavy atom. The molecule has 2 aliphatic heterocycles.